The molecule has 0 spiro atoms. The largest absolute Gasteiger partial charge is 0.497 e. The molecule has 2 aromatic carbocycles. The third-order valence-electron chi connectivity index (χ3n) is 3.84. The quantitative estimate of drug-likeness (QED) is 0.435. The highest BCUT2D eigenvalue weighted by Crippen LogP contribution is 2.34. The Morgan fingerprint density at radius 2 is 1.81 bits per heavy atom. The highest BCUT2D eigenvalue weighted by molar-refractivity contribution is 7.26. The molecule has 2 heterocycles. The number of thiazole rings is 1. The molecule has 4 rings (SSSR count). The Bertz CT molecular complexity index is 1020. The summed E-state index contributed by atoms with van der Waals surface area (Å²) in [5.74, 6) is 0.456. The number of aromatic nitrogens is 1. The van der Waals surface area contributed by atoms with Crippen molar-refractivity contribution in [3.05, 3.63) is 71.1 Å². The predicted molar refractivity (Wildman–Crippen MR) is 105 cm³/mol. The summed E-state index contributed by atoms with van der Waals surface area (Å²) in [4.78, 5) is 18.5. The lowest BCUT2D eigenvalue weighted by molar-refractivity contribution is 0.0478. The topological polar surface area (TPSA) is 48.4 Å². The van der Waals surface area contributed by atoms with Crippen LogP contribution in [0.5, 0.6) is 5.75 Å². The molecular weight excluding hydrogens is 366 g/mol. The fourth-order valence-corrected chi connectivity index (χ4v) is 4.40. The van der Waals surface area contributed by atoms with E-state index < -0.39 is 0 Å². The molecule has 0 atom stereocenters. The van der Waals surface area contributed by atoms with Crippen molar-refractivity contribution in [1.82, 2.24) is 4.98 Å². The van der Waals surface area contributed by atoms with Gasteiger partial charge in [0.25, 0.3) is 0 Å². The van der Waals surface area contributed by atoms with Gasteiger partial charge in [0.2, 0.25) is 0 Å². The van der Waals surface area contributed by atoms with Crippen LogP contribution >= 0.6 is 22.7 Å². The number of hydrogen-bond donors (Lipinski definition) is 0. The van der Waals surface area contributed by atoms with Crippen LogP contribution in [0.1, 0.15) is 15.2 Å². The first-order valence-electron chi connectivity index (χ1n) is 7.99. The molecule has 0 fully saturated rings. The van der Waals surface area contributed by atoms with Crippen molar-refractivity contribution < 1.29 is 14.3 Å². The first kappa shape index (κ1) is 16.8. The molecule has 0 radical (unpaired) electrons. The molecule has 0 N–H and O–H groups in total. The van der Waals surface area contributed by atoms with Crippen molar-refractivity contribution >= 4 is 38.9 Å². The van der Waals surface area contributed by atoms with Gasteiger partial charge >= 0.3 is 5.97 Å². The van der Waals surface area contributed by atoms with Gasteiger partial charge in [-0.05, 0) is 42.0 Å². The maximum Gasteiger partial charge on any atom is 0.348 e. The molecule has 2 aromatic heterocycles. The van der Waals surface area contributed by atoms with Crippen molar-refractivity contribution in [3.8, 4) is 15.6 Å². The lowest BCUT2D eigenvalue weighted by Gasteiger charge is -2.04. The number of esters is 1. The zero-order valence-electron chi connectivity index (χ0n) is 14.0. The Morgan fingerprint density at radius 3 is 2.58 bits per heavy atom. The smallest absolute Gasteiger partial charge is 0.348 e. The minimum atomic E-state index is -0.321. The van der Waals surface area contributed by atoms with Crippen LogP contribution in [0.15, 0.2) is 60.7 Å². The summed E-state index contributed by atoms with van der Waals surface area (Å²) in [6.07, 6.45) is 0. The molecule has 0 aliphatic heterocycles. The molecule has 0 bridgehead atoms. The average Bonchev–Trinajstić information content (AvgIpc) is 3.33. The van der Waals surface area contributed by atoms with Crippen molar-refractivity contribution in [2.75, 3.05) is 7.11 Å². The SMILES string of the molecule is COc1ccc(COC(=O)c2ccc(-c3nc4ccccc4s3)s2)cc1. The Morgan fingerprint density at radius 1 is 1.00 bits per heavy atom. The van der Waals surface area contributed by atoms with Crippen LogP contribution in [-0.4, -0.2) is 18.1 Å². The number of fused-ring (bicyclic) bond motifs is 1. The number of carbonyl (C=O) groups is 1. The number of rotatable bonds is 5. The van der Waals surface area contributed by atoms with Gasteiger partial charge in [0.15, 0.2) is 0 Å². The molecule has 0 amide bonds. The van der Waals surface area contributed by atoms with Gasteiger partial charge < -0.3 is 9.47 Å². The van der Waals surface area contributed by atoms with E-state index in [-0.39, 0.29) is 12.6 Å². The summed E-state index contributed by atoms with van der Waals surface area (Å²) < 4.78 is 11.7. The molecule has 26 heavy (non-hydrogen) atoms. The number of para-hydroxylation sites is 1. The van der Waals surface area contributed by atoms with E-state index in [0.717, 1.165) is 31.4 Å². The van der Waals surface area contributed by atoms with Gasteiger partial charge in [-0.15, -0.1) is 22.7 Å². The van der Waals surface area contributed by atoms with Gasteiger partial charge in [-0.1, -0.05) is 24.3 Å². The summed E-state index contributed by atoms with van der Waals surface area (Å²) in [6, 6.07) is 19.2. The number of nitrogens with zero attached hydrogens (tertiary/aromatic N) is 1. The Kier molecular flexibility index (Phi) is 4.69. The van der Waals surface area contributed by atoms with Gasteiger partial charge in [0.1, 0.15) is 22.2 Å². The molecule has 6 heteroatoms. The van der Waals surface area contributed by atoms with Crippen LogP contribution in [0.3, 0.4) is 0 Å². The number of hydrogen-bond acceptors (Lipinski definition) is 6. The van der Waals surface area contributed by atoms with Crippen LogP contribution in [0.2, 0.25) is 0 Å². The third-order valence-corrected chi connectivity index (χ3v) is 6.11. The van der Waals surface area contributed by atoms with E-state index in [1.807, 2.05) is 54.6 Å². The van der Waals surface area contributed by atoms with E-state index in [4.69, 9.17) is 9.47 Å². The number of ether oxygens (including phenoxy) is 2. The first-order chi connectivity index (χ1) is 12.7. The minimum absolute atomic E-state index is 0.233. The fourth-order valence-electron chi connectivity index (χ4n) is 2.48. The molecule has 130 valence electrons. The highest BCUT2D eigenvalue weighted by Gasteiger charge is 2.14. The van der Waals surface area contributed by atoms with Gasteiger partial charge in [0, 0.05) is 0 Å². The second kappa shape index (κ2) is 7.27. The molecule has 4 nitrogen and oxygen atoms in total. The second-order valence-electron chi connectivity index (χ2n) is 5.57. The van der Waals surface area contributed by atoms with E-state index in [1.54, 1.807) is 24.5 Å². The summed E-state index contributed by atoms with van der Waals surface area (Å²) >= 11 is 3.03. The van der Waals surface area contributed by atoms with Gasteiger partial charge in [-0.3, -0.25) is 0 Å². The Hall–Kier alpha value is -2.70. The van der Waals surface area contributed by atoms with Gasteiger partial charge in [-0.2, -0.15) is 0 Å². The zero-order chi connectivity index (χ0) is 17.9. The van der Waals surface area contributed by atoms with E-state index in [9.17, 15) is 4.79 Å². The average molecular weight is 381 g/mol. The molecule has 0 aliphatic carbocycles. The van der Waals surface area contributed by atoms with Crippen molar-refractivity contribution in [2.45, 2.75) is 6.61 Å². The number of carbonyl (C=O) groups excluding carboxylic acids is 1. The Labute approximate surface area is 158 Å². The van der Waals surface area contributed by atoms with Crippen LogP contribution in [0.4, 0.5) is 0 Å². The van der Waals surface area contributed by atoms with Crippen LogP contribution in [-0.2, 0) is 11.3 Å². The zero-order valence-corrected chi connectivity index (χ0v) is 15.6. The van der Waals surface area contributed by atoms with Crippen LogP contribution < -0.4 is 4.74 Å². The lowest BCUT2D eigenvalue weighted by Crippen LogP contribution is -2.02. The van der Waals surface area contributed by atoms with Crippen LogP contribution in [0, 0.1) is 0 Å². The van der Waals surface area contributed by atoms with Crippen molar-refractivity contribution in [1.29, 1.82) is 0 Å². The first-order valence-corrected chi connectivity index (χ1v) is 9.62. The van der Waals surface area contributed by atoms with E-state index in [0.29, 0.717) is 4.88 Å². The lowest BCUT2D eigenvalue weighted by atomic mass is 10.2. The standard InChI is InChI=1S/C20H15NO3S2/c1-23-14-8-6-13(7-9-14)12-24-20(22)18-11-10-17(25-18)19-21-15-4-2-3-5-16(15)26-19/h2-11H,12H2,1H3. The maximum atomic E-state index is 12.3. The summed E-state index contributed by atoms with van der Waals surface area (Å²) in [6.45, 7) is 0.233. The van der Waals surface area contributed by atoms with E-state index in [2.05, 4.69) is 4.98 Å². The fraction of sp³-hybridized carbons (Fsp3) is 0.100. The third kappa shape index (κ3) is 3.47. The monoisotopic (exact) mass is 381 g/mol. The van der Waals surface area contributed by atoms with Gasteiger partial charge in [-0.25, -0.2) is 9.78 Å². The number of thiophene rings is 1. The molecule has 0 saturated heterocycles. The summed E-state index contributed by atoms with van der Waals surface area (Å²) in [5, 5.41) is 0.922. The Balaban J connectivity index is 1.45. The number of benzene rings is 2. The van der Waals surface area contributed by atoms with Crippen LogP contribution in [0.25, 0.3) is 20.1 Å². The molecule has 0 unspecified atom stereocenters. The molecule has 0 aliphatic rings. The van der Waals surface area contributed by atoms with Crippen molar-refractivity contribution in [2.24, 2.45) is 0 Å². The second-order valence-corrected chi connectivity index (χ2v) is 7.69. The molecule has 4 aromatic rings. The predicted octanol–water partition coefficient (Wildman–Crippen LogP) is 5.39. The highest BCUT2D eigenvalue weighted by atomic mass is 32.1. The van der Waals surface area contributed by atoms with E-state index >= 15 is 0 Å². The van der Waals surface area contributed by atoms with Crippen molar-refractivity contribution in [3.63, 3.8) is 0 Å². The minimum Gasteiger partial charge on any atom is -0.497 e. The summed E-state index contributed by atoms with van der Waals surface area (Å²) in [5.41, 5.74) is 1.90. The normalized spacial score (nSPS) is 10.8. The molecular formula is C20H15NO3S2. The summed E-state index contributed by atoms with van der Waals surface area (Å²) in [7, 11) is 1.62. The maximum absolute atomic E-state index is 12.3. The van der Waals surface area contributed by atoms with E-state index in [1.165, 1.54) is 11.3 Å². The molecule has 0 saturated carbocycles. The number of methoxy groups -OCH3 is 1. The van der Waals surface area contributed by atoms with Gasteiger partial charge in [0.05, 0.1) is 22.2 Å².